The van der Waals surface area contributed by atoms with Crippen LogP contribution in [-0.4, -0.2) is 43.3 Å². The van der Waals surface area contributed by atoms with Crippen LogP contribution in [0.2, 0.25) is 0 Å². The van der Waals surface area contributed by atoms with Crippen molar-refractivity contribution in [3.8, 4) is 0 Å². The molecule has 3 unspecified atom stereocenters. The largest absolute Gasteiger partial charge is 0.373 e. The predicted octanol–water partition coefficient (Wildman–Crippen LogP) is 2.50. The Bertz CT molecular complexity index is 211. The third-order valence-corrected chi connectivity index (χ3v) is 4.02. The summed E-state index contributed by atoms with van der Waals surface area (Å²) < 4.78 is 5.76. The van der Waals surface area contributed by atoms with Gasteiger partial charge in [0.1, 0.15) is 0 Å². The summed E-state index contributed by atoms with van der Waals surface area (Å²) in [6, 6.07) is 0. The molecular formula is C15H32N2O. The molecule has 0 aromatic rings. The first kappa shape index (κ1) is 15.9. The molecular weight excluding hydrogens is 224 g/mol. The highest BCUT2D eigenvalue weighted by Gasteiger charge is 2.22. The maximum absolute atomic E-state index is 5.76. The van der Waals surface area contributed by atoms with Crippen molar-refractivity contribution in [3.05, 3.63) is 0 Å². The van der Waals surface area contributed by atoms with Crippen molar-refractivity contribution in [3.63, 3.8) is 0 Å². The Morgan fingerprint density at radius 3 is 2.28 bits per heavy atom. The van der Waals surface area contributed by atoms with E-state index in [0.717, 1.165) is 31.5 Å². The van der Waals surface area contributed by atoms with Gasteiger partial charge < -0.3 is 10.5 Å². The van der Waals surface area contributed by atoms with E-state index in [4.69, 9.17) is 10.5 Å². The second-order valence-electron chi connectivity index (χ2n) is 6.24. The predicted molar refractivity (Wildman–Crippen MR) is 77.7 cm³/mol. The summed E-state index contributed by atoms with van der Waals surface area (Å²) in [5.41, 5.74) is 5.69. The average molecular weight is 256 g/mol. The third-order valence-electron chi connectivity index (χ3n) is 4.02. The number of nitrogens with zero attached hydrogens (tertiary/aromatic N) is 1. The number of morpholine rings is 1. The van der Waals surface area contributed by atoms with Crippen molar-refractivity contribution >= 4 is 0 Å². The zero-order valence-corrected chi connectivity index (χ0v) is 12.7. The van der Waals surface area contributed by atoms with Gasteiger partial charge in [0.2, 0.25) is 0 Å². The first-order valence-corrected chi connectivity index (χ1v) is 7.60. The molecule has 3 nitrogen and oxygen atoms in total. The van der Waals surface area contributed by atoms with E-state index in [1.165, 1.54) is 25.8 Å². The summed E-state index contributed by atoms with van der Waals surface area (Å²) in [4.78, 5) is 2.55. The fraction of sp³-hybridized carbons (Fsp3) is 1.00. The lowest BCUT2D eigenvalue weighted by Crippen LogP contribution is -2.45. The highest BCUT2D eigenvalue weighted by Crippen LogP contribution is 2.21. The van der Waals surface area contributed by atoms with Gasteiger partial charge in [-0.2, -0.15) is 0 Å². The highest BCUT2D eigenvalue weighted by atomic mass is 16.5. The molecule has 3 heteroatoms. The monoisotopic (exact) mass is 256 g/mol. The minimum absolute atomic E-state index is 0.388. The molecule has 18 heavy (non-hydrogen) atoms. The van der Waals surface area contributed by atoms with Crippen molar-refractivity contribution in [2.75, 3.05) is 26.2 Å². The maximum atomic E-state index is 5.76. The molecule has 1 fully saturated rings. The van der Waals surface area contributed by atoms with Gasteiger partial charge in [-0.15, -0.1) is 0 Å². The van der Waals surface area contributed by atoms with Crippen LogP contribution in [0.5, 0.6) is 0 Å². The lowest BCUT2D eigenvalue weighted by Gasteiger charge is -2.35. The summed E-state index contributed by atoms with van der Waals surface area (Å²) in [7, 11) is 0. The number of ether oxygens (including phenoxy) is 1. The molecule has 108 valence electrons. The minimum Gasteiger partial charge on any atom is -0.373 e. The quantitative estimate of drug-likeness (QED) is 0.760. The van der Waals surface area contributed by atoms with E-state index in [1.54, 1.807) is 0 Å². The second-order valence-corrected chi connectivity index (χ2v) is 6.24. The molecule has 1 heterocycles. The molecule has 0 saturated carbocycles. The third kappa shape index (κ3) is 5.68. The first-order chi connectivity index (χ1) is 8.52. The van der Waals surface area contributed by atoms with Gasteiger partial charge in [-0.05, 0) is 58.0 Å². The van der Waals surface area contributed by atoms with E-state index in [9.17, 15) is 0 Å². The Morgan fingerprint density at radius 1 is 1.17 bits per heavy atom. The lowest BCUT2D eigenvalue weighted by atomic mass is 9.88. The highest BCUT2D eigenvalue weighted by molar-refractivity contribution is 4.73. The van der Waals surface area contributed by atoms with Crippen molar-refractivity contribution in [1.29, 1.82) is 0 Å². The van der Waals surface area contributed by atoms with Gasteiger partial charge in [-0.25, -0.2) is 0 Å². The van der Waals surface area contributed by atoms with Gasteiger partial charge in [0.05, 0.1) is 12.2 Å². The Morgan fingerprint density at radius 2 is 1.78 bits per heavy atom. The summed E-state index contributed by atoms with van der Waals surface area (Å²) in [6.07, 6.45) is 4.56. The van der Waals surface area contributed by atoms with Gasteiger partial charge in [-0.3, -0.25) is 4.90 Å². The lowest BCUT2D eigenvalue weighted by molar-refractivity contribution is -0.0684. The number of hydrogen-bond acceptors (Lipinski definition) is 3. The molecule has 0 aromatic carbocycles. The van der Waals surface area contributed by atoms with Crippen LogP contribution in [0.3, 0.4) is 0 Å². The van der Waals surface area contributed by atoms with Crippen LogP contribution < -0.4 is 5.73 Å². The Kier molecular flexibility index (Phi) is 7.20. The van der Waals surface area contributed by atoms with Crippen molar-refractivity contribution in [2.24, 2.45) is 17.6 Å². The standard InChI is InChI=1S/C15H32N2O/c1-12(2)15(7-8-16)6-5-9-17-10-13(3)18-14(4)11-17/h12-15H,5-11,16H2,1-4H3. The second kappa shape index (κ2) is 8.13. The van der Waals surface area contributed by atoms with Gasteiger partial charge in [0.15, 0.2) is 0 Å². The molecule has 0 radical (unpaired) electrons. The summed E-state index contributed by atoms with van der Waals surface area (Å²) >= 11 is 0. The van der Waals surface area contributed by atoms with Crippen molar-refractivity contribution < 1.29 is 4.74 Å². The molecule has 1 aliphatic heterocycles. The van der Waals surface area contributed by atoms with Crippen molar-refractivity contribution in [2.45, 2.75) is 59.2 Å². The Balaban J connectivity index is 2.23. The molecule has 1 saturated heterocycles. The molecule has 0 amide bonds. The van der Waals surface area contributed by atoms with E-state index >= 15 is 0 Å². The molecule has 1 aliphatic rings. The molecule has 0 aliphatic carbocycles. The topological polar surface area (TPSA) is 38.5 Å². The van der Waals surface area contributed by atoms with E-state index < -0.39 is 0 Å². The van der Waals surface area contributed by atoms with Crippen LogP contribution in [0.15, 0.2) is 0 Å². The number of rotatable bonds is 7. The van der Waals surface area contributed by atoms with Crippen LogP contribution in [-0.2, 0) is 4.74 Å². The molecule has 0 aromatic heterocycles. The summed E-state index contributed by atoms with van der Waals surface area (Å²) in [5, 5.41) is 0. The van der Waals surface area contributed by atoms with Crippen LogP contribution in [0.25, 0.3) is 0 Å². The normalized spacial score (nSPS) is 27.7. The van der Waals surface area contributed by atoms with Gasteiger partial charge in [0.25, 0.3) is 0 Å². The van der Waals surface area contributed by atoms with Crippen LogP contribution in [0, 0.1) is 11.8 Å². The minimum atomic E-state index is 0.388. The maximum Gasteiger partial charge on any atom is 0.0678 e. The van der Waals surface area contributed by atoms with E-state index in [1.807, 2.05) is 0 Å². The van der Waals surface area contributed by atoms with E-state index in [-0.39, 0.29) is 0 Å². The molecule has 0 bridgehead atoms. The Hall–Kier alpha value is -0.120. The number of nitrogens with two attached hydrogens (primary N) is 1. The SMILES string of the molecule is CC1CN(CCCC(CCN)C(C)C)CC(C)O1. The van der Waals surface area contributed by atoms with E-state index in [0.29, 0.717) is 12.2 Å². The van der Waals surface area contributed by atoms with Gasteiger partial charge in [0, 0.05) is 13.1 Å². The fourth-order valence-electron chi connectivity index (χ4n) is 3.07. The number of hydrogen-bond donors (Lipinski definition) is 1. The summed E-state index contributed by atoms with van der Waals surface area (Å²) in [6.45, 7) is 13.2. The zero-order valence-electron chi connectivity index (χ0n) is 12.7. The fourth-order valence-corrected chi connectivity index (χ4v) is 3.07. The van der Waals surface area contributed by atoms with Crippen LogP contribution in [0.4, 0.5) is 0 Å². The van der Waals surface area contributed by atoms with Gasteiger partial charge >= 0.3 is 0 Å². The van der Waals surface area contributed by atoms with Crippen LogP contribution in [0.1, 0.15) is 47.0 Å². The zero-order chi connectivity index (χ0) is 13.5. The summed E-state index contributed by atoms with van der Waals surface area (Å²) in [5.74, 6) is 1.56. The Labute approximate surface area is 113 Å². The first-order valence-electron chi connectivity index (χ1n) is 7.60. The molecule has 2 N–H and O–H groups in total. The molecule has 0 spiro atoms. The van der Waals surface area contributed by atoms with Crippen LogP contribution >= 0.6 is 0 Å². The van der Waals surface area contributed by atoms with E-state index in [2.05, 4.69) is 32.6 Å². The average Bonchev–Trinajstić information content (AvgIpc) is 2.26. The molecule has 1 rings (SSSR count). The molecule has 3 atom stereocenters. The smallest absolute Gasteiger partial charge is 0.0678 e. The van der Waals surface area contributed by atoms with Gasteiger partial charge in [-0.1, -0.05) is 13.8 Å². The van der Waals surface area contributed by atoms with Crippen molar-refractivity contribution in [1.82, 2.24) is 4.90 Å².